The second kappa shape index (κ2) is 14.4. The van der Waals surface area contributed by atoms with Gasteiger partial charge >= 0.3 is 5.97 Å². The van der Waals surface area contributed by atoms with Gasteiger partial charge in [-0.05, 0) is 56.9 Å². The molecule has 44 heavy (non-hydrogen) atoms. The number of nitrogens with zero attached hydrogens (tertiary/aromatic N) is 4. The Morgan fingerprint density at radius 3 is 2.61 bits per heavy atom. The summed E-state index contributed by atoms with van der Waals surface area (Å²) in [7, 11) is 0. The molecule has 1 aliphatic carbocycles. The van der Waals surface area contributed by atoms with E-state index in [0.717, 1.165) is 104 Å². The molecule has 1 atom stereocenters. The third kappa shape index (κ3) is 7.17. The number of fused-ring (bicyclic) bond motifs is 3. The molecule has 11 nitrogen and oxygen atoms in total. The molecule has 1 saturated heterocycles. The van der Waals surface area contributed by atoms with Crippen LogP contribution in [-0.4, -0.2) is 72.3 Å². The number of nitrogens with two attached hydrogens (primary N) is 1. The summed E-state index contributed by atoms with van der Waals surface area (Å²) in [6, 6.07) is 8.02. The molecule has 12 heteroatoms. The Hall–Kier alpha value is -3.67. The molecule has 4 N–H and O–H groups in total. The van der Waals surface area contributed by atoms with Gasteiger partial charge in [0.15, 0.2) is 5.82 Å². The molecule has 2 fully saturated rings. The number of carboxylic acids is 1. The van der Waals surface area contributed by atoms with Gasteiger partial charge in [0, 0.05) is 43.8 Å². The van der Waals surface area contributed by atoms with E-state index in [-0.39, 0.29) is 41.7 Å². The number of aryl methyl sites for hydroxylation is 2. The maximum Gasteiger partial charge on any atom is 0.313 e. The van der Waals surface area contributed by atoms with Gasteiger partial charge in [0.1, 0.15) is 11.3 Å². The summed E-state index contributed by atoms with van der Waals surface area (Å²) in [6.07, 6.45) is 7.81. The van der Waals surface area contributed by atoms with E-state index in [1.165, 1.54) is 4.90 Å². The average molecular weight is 623 g/mol. The zero-order valence-corrected chi connectivity index (χ0v) is 26.1. The van der Waals surface area contributed by atoms with Crippen LogP contribution in [0.3, 0.4) is 0 Å². The van der Waals surface area contributed by atoms with Crippen molar-refractivity contribution in [3.8, 4) is 0 Å². The lowest BCUT2D eigenvalue weighted by molar-refractivity contribution is -0.139. The molecule has 3 heterocycles. The first kappa shape index (κ1) is 31.7. The Labute approximate surface area is 261 Å². The number of imide groups is 1. The Balaban J connectivity index is 1.09. The first-order chi connectivity index (χ1) is 21.3. The Morgan fingerprint density at radius 1 is 1.09 bits per heavy atom. The van der Waals surface area contributed by atoms with Crippen LogP contribution in [0.25, 0.3) is 21.9 Å². The zero-order valence-electron chi connectivity index (χ0n) is 25.3. The number of carboxylic acid groups (broad SMARTS) is 1. The van der Waals surface area contributed by atoms with Gasteiger partial charge in [-0.25, -0.2) is 9.97 Å². The number of nitrogens with one attached hydrogen (secondary N) is 1. The number of likely N-dealkylation sites (tertiary alicyclic amines) is 1. The number of aromatic nitrogens is 3. The number of thioether (sulfide) groups is 1. The average Bonchev–Trinajstić information content (AvgIpc) is 3.51. The third-order valence-corrected chi connectivity index (χ3v) is 10.0. The van der Waals surface area contributed by atoms with Crippen molar-refractivity contribution in [3.05, 3.63) is 30.1 Å². The molecule has 3 amide bonds. The largest absolute Gasteiger partial charge is 0.481 e. The van der Waals surface area contributed by atoms with Crippen molar-refractivity contribution in [2.45, 2.75) is 82.9 Å². The van der Waals surface area contributed by atoms with E-state index in [9.17, 15) is 19.2 Å². The number of hydrogen-bond donors (Lipinski definition) is 3. The van der Waals surface area contributed by atoms with E-state index in [1.54, 1.807) is 0 Å². The van der Waals surface area contributed by atoms with Gasteiger partial charge < -0.3 is 20.7 Å². The summed E-state index contributed by atoms with van der Waals surface area (Å²) < 4.78 is 2.29. The molecule has 1 saturated carbocycles. The van der Waals surface area contributed by atoms with Crippen LogP contribution in [0.1, 0.15) is 70.5 Å². The number of anilines is 1. The molecule has 236 valence electrons. The molecule has 1 aromatic carbocycles. The molecule has 3 aromatic rings. The van der Waals surface area contributed by atoms with Crippen molar-refractivity contribution in [1.29, 1.82) is 0 Å². The first-order valence-corrected chi connectivity index (χ1v) is 16.8. The summed E-state index contributed by atoms with van der Waals surface area (Å²) >= 11 is 1.01. The minimum Gasteiger partial charge on any atom is -0.481 e. The van der Waals surface area contributed by atoms with Crippen molar-refractivity contribution >= 4 is 63.2 Å². The predicted octanol–water partition coefficient (Wildman–Crippen LogP) is 4.16. The van der Waals surface area contributed by atoms with Crippen LogP contribution >= 0.6 is 11.8 Å². The van der Waals surface area contributed by atoms with Crippen LogP contribution in [0.5, 0.6) is 0 Å². The van der Waals surface area contributed by atoms with Crippen molar-refractivity contribution < 1.29 is 24.3 Å². The molecule has 2 aliphatic rings. The normalized spacial score (nSPS) is 20.6. The number of benzene rings is 1. The SMILES string of the molecule is CCCCc1nc2c(N)nc3ccccc3c2n1CCCCNC(=O)[C@H]1CC[C@H](CN2C(=O)CC(SCC(=O)O)C2=O)CC1. The monoisotopic (exact) mass is 622 g/mol. The highest BCUT2D eigenvalue weighted by molar-refractivity contribution is 8.01. The maximum absolute atomic E-state index is 12.9. The fraction of sp³-hybridized carbons (Fsp3) is 0.562. The second-order valence-electron chi connectivity index (χ2n) is 12.0. The van der Waals surface area contributed by atoms with Crippen LogP contribution in [0.2, 0.25) is 0 Å². The molecule has 1 unspecified atom stereocenters. The van der Waals surface area contributed by atoms with Crippen LogP contribution in [0, 0.1) is 11.8 Å². The maximum atomic E-state index is 12.9. The highest BCUT2D eigenvalue weighted by Crippen LogP contribution is 2.33. The van der Waals surface area contributed by atoms with E-state index >= 15 is 0 Å². The van der Waals surface area contributed by atoms with Crippen LogP contribution in [0.4, 0.5) is 5.82 Å². The van der Waals surface area contributed by atoms with Gasteiger partial charge in [-0.3, -0.25) is 24.1 Å². The summed E-state index contributed by atoms with van der Waals surface area (Å²) in [4.78, 5) is 59.6. The number of carbonyl (C=O) groups is 4. The minimum absolute atomic E-state index is 0.0600. The van der Waals surface area contributed by atoms with E-state index in [4.69, 9.17) is 15.8 Å². The molecule has 0 bridgehead atoms. The van der Waals surface area contributed by atoms with E-state index in [1.807, 2.05) is 18.2 Å². The summed E-state index contributed by atoms with van der Waals surface area (Å²) in [5, 5.41) is 12.4. The standard InChI is InChI=1S/C32H42N6O5S/c1-2-3-10-25-36-28-29(22-8-4-5-9-23(22)35-30(28)33)37(25)16-7-6-15-34-31(42)21-13-11-20(12-14-21)18-38-26(39)17-24(32(38)43)44-19-27(40)41/h4-5,8-9,20-21,24H,2-3,6-7,10-19H2,1H3,(H2,33,35)(H,34,42)(H,40,41)/t20-,21-,24?. The van der Waals surface area contributed by atoms with E-state index in [2.05, 4.69) is 27.9 Å². The van der Waals surface area contributed by atoms with Gasteiger partial charge in [-0.1, -0.05) is 31.5 Å². The Kier molecular flexibility index (Phi) is 10.4. The number of amides is 3. The molecule has 0 radical (unpaired) electrons. The van der Waals surface area contributed by atoms with Crippen molar-refractivity contribution in [1.82, 2.24) is 24.8 Å². The molecule has 1 aliphatic heterocycles. The van der Waals surface area contributed by atoms with Crippen LogP contribution in [-0.2, 0) is 32.1 Å². The smallest absolute Gasteiger partial charge is 0.313 e. The van der Waals surface area contributed by atoms with Crippen LogP contribution in [0.15, 0.2) is 24.3 Å². The van der Waals surface area contributed by atoms with Gasteiger partial charge in [0.05, 0.1) is 22.0 Å². The van der Waals surface area contributed by atoms with Crippen molar-refractivity contribution in [2.75, 3.05) is 24.6 Å². The molecule has 5 rings (SSSR count). The van der Waals surface area contributed by atoms with Crippen molar-refractivity contribution in [3.63, 3.8) is 0 Å². The number of imidazole rings is 1. The van der Waals surface area contributed by atoms with Crippen LogP contribution < -0.4 is 11.1 Å². The number of para-hydroxylation sites is 1. The molecule has 2 aromatic heterocycles. The molecular weight excluding hydrogens is 580 g/mol. The highest BCUT2D eigenvalue weighted by Gasteiger charge is 2.40. The zero-order chi connectivity index (χ0) is 31.2. The Morgan fingerprint density at radius 2 is 1.86 bits per heavy atom. The lowest BCUT2D eigenvalue weighted by Crippen LogP contribution is -2.39. The van der Waals surface area contributed by atoms with E-state index in [0.29, 0.717) is 18.9 Å². The quantitative estimate of drug-likeness (QED) is 0.177. The summed E-state index contributed by atoms with van der Waals surface area (Å²) in [5.74, 6) is -0.0359. The fourth-order valence-corrected chi connectivity index (χ4v) is 7.31. The van der Waals surface area contributed by atoms with Gasteiger partial charge in [0.25, 0.3) is 0 Å². The topological polar surface area (TPSA) is 161 Å². The highest BCUT2D eigenvalue weighted by atomic mass is 32.2. The predicted molar refractivity (Wildman–Crippen MR) is 171 cm³/mol. The van der Waals surface area contributed by atoms with Gasteiger partial charge in [-0.2, -0.15) is 0 Å². The fourth-order valence-electron chi connectivity index (χ4n) is 6.43. The third-order valence-electron chi connectivity index (χ3n) is 8.82. The summed E-state index contributed by atoms with van der Waals surface area (Å²) in [5.41, 5.74) is 8.97. The lowest BCUT2D eigenvalue weighted by atomic mass is 9.81. The van der Waals surface area contributed by atoms with Gasteiger partial charge in [-0.15, -0.1) is 11.8 Å². The molecular formula is C32H42N6O5S. The minimum atomic E-state index is -0.995. The number of rotatable bonds is 14. The number of hydrogen-bond acceptors (Lipinski definition) is 8. The van der Waals surface area contributed by atoms with Gasteiger partial charge in [0.2, 0.25) is 17.7 Å². The number of unbranched alkanes of at least 4 members (excludes halogenated alkanes) is 2. The second-order valence-corrected chi connectivity index (χ2v) is 13.1. The van der Waals surface area contributed by atoms with Crippen molar-refractivity contribution in [2.24, 2.45) is 11.8 Å². The first-order valence-electron chi connectivity index (χ1n) is 15.7. The molecule has 0 spiro atoms. The Bertz CT molecular complexity index is 1530. The number of aliphatic carboxylic acids is 1. The summed E-state index contributed by atoms with van der Waals surface area (Å²) in [6.45, 7) is 3.92. The lowest BCUT2D eigenvalue weighted by Gasteiger charge is -2.30. The number of pyridine rings is 1. The van der Waals surface area contributed by atoms with E-state index < -0.39 is 11.2 Å². The number of carbonyl (C=O) groups excluding carboxylic acids is 3. The number of nitrogen functional groups attached to an aromatic ring is 1.